The number of hydrogen-bond acceptors (Lipinski definition) is 4. The molecule has 5 rings (SSSR count). The molecule has 36 heavy (non-hydrogen) atoms. The van der Waals surface area contributed by atoms with E-state index >= 15 is 0 Å². The molecule has 5 nitrogen and oxygen atoms in total. The normalized spacial score (nSPS) is 10.8. The van der Waals surface area contributed by atoms with Gasteiger partial charge in [-0.3, -0.25) is 9.36 Å². The van der Waals surface area contributed by atoms with Crippen molar-refractivity contribution in [1.29, 1.82) is 0 Å². The number of nitrogens with zero attached hydrogens (tertiary/aromatic N) is 3. The number of nitrogens with one attached hydrogen (secondary N) is 1. The zero-order valence-electron chi connectivity index (χ0n) is 20.2. The Morgan fingerprint density at radius 3 is 2.11 bits per heavy atom. The lowest BCUT2D eigenvalue weighted by atomic mass is 10.0. The second kappa shape index (κ2) is 10.6. The van der Waals surface area contributed by atoms with Gasteiger partial charge in [-0.1, -0.05) is 108 Å². The number of thioether (sulfide) groups is 1. The van der Waals surface area contributed by atoms with Crippen molar-refractivity contribution in [3.8, 4) is 28.2 Å². The Labute approximate surface area is 215 Å². The Kier molecular flexibility index (Phi) is 6.96. The molecule has 0 saturated heterocycles. The largest absolute Gasteiger partial charge is 0.325 e. The van der Waals surface area contributed by atoms with E-state index < -0.39 is 0 Å². The Bertz CT molecular complexity index is 1480. The number of carbonyl (C=O) groups is 1. The molecule has 0 fully saturated rings. The zero-order valence-corrected chi connectivity index (χ0v) is 21.0. The highest BCUT2D eigenvalue weighted by Crippen LogP contribution is 2.30. The van der Waals surface area contributed by atoms with Gasteiger partial charge in [-0.2, -0.15) is 0 Å². The average Bonchev–Trinajstić information content (AvgIpc) is 3.33. The number of hydrogen-bond donors (Lipinski definition) is 1. The fourth-order valence-electron chi connectivity index (χ4n) is 3.96. The first-order valence-corrected chi connectivity index (χ1v) is 12.7. The van der Waals surface area contributed by atoms with Crippen molar-refractivity contribution in [2.75, 3.05) is 11.1 Å². The predicted molar refractivity (Wildman–Crippen MR) is 148 cm³/mol. The van der Waals surface area contributed by atoms with Crippen molar-refractivity contribution in [3.63, 3.8) is 0 Å². The Balaban J connectivity index is 1.39. The van der Waals surface area contributed by atoms with Crippen LogP contribution >= 0.6 is 11.8 Å². The van der Waals surface area contributed by atoms with Gasteiger partial charge in [-0.25, -0.2) is 0 Å². The topological polar surface area (TPSA) is 59.8 Å². The van der Waals surface area contributed by atoms with Gasteiger partial charge in [0.25, 0.3) is 0 Å². The van der Waals surface area contributed by atoms with Crippen LogP contribution in [0.2, 0.25) is 0 Å². The first kappa shape index (κ1) is 23.6. The summed E-state index contributed by atoms with van der Waals surface area (Å²) in [4.78, 5) is 13.0. The Morgan fingerprint density at radius 1 is 0.750 bits per heavy atom. The minimum atomic E-state index is -0.0984. The lowest BCUT2D eigenvalue weighted by molar-refractivity contribution is -0.113. The van der Waals surface area contributed by atoms with Gasteiger partial charge in [0.1, 0.15) is 0 Å². The first-order chi connectivity index (χ1) is 17.6. The van der Waals surface area contributed by atoms with Crippen LogP contribution in [-0.2, 0) is 4.79 Å². The van der Waals surface area contributed by atoms with Crippen LogP contribution < -0.4 is 5.32 Å². The molecule has 4 aromatic carbocycles. The molecule has 1 aromatic heterocycles. The maximum atomic E-state index is 13.0. The molecule has 0 atom stereocenters. The molecule has 1 amide bonds. The number of amides is 1. The van der Waals surface area contributed by atoms with E-state index in [1.165, 1.54) is 22.9 Å². The van der Waals surface area contributed by atoms with E-state index in [0.29, 0.717) is 5.16 Å². The van der Waals surface area contributed by atoms with Gasteiger partial charge in [0.15, 0.2) is 11.0 Å². The molecule has 0 saturated carbocycles. The van der Waals surface area contributed by atoms with E-state index in [1.807, 2.05) is 71.3 Å². The number of anilines is 1. The molecule has 178 valence electrons. The molecule has 6 heteroatoms. The fourth-order valence-corrected chi connectivity index (χ4v) is 4.71. The Morgan fingerprint density at radius 2 is 1.39 bits per heavy atom. The van der Waals surface area contributed by atoms with Gasteiger partial charge >= 0.3 is 0 Å². The fraction of sp³-hybridized carbons (Fsp3) is 0.100. The predicted octanol–water partition coefficient (Wildman–Crippen LogP) is 6.95. The highest BCUT2D eigenvalue weighted by molar-refractivity contribution is 7.99. The summed E-state index contributed by atoms with van der Waals surface area (Å²) < 4.78 is 2.01. The summed E-state index contributed by atoms with van der Waals surface area (Å²) in [6, 6.07) is 34.3. The molecule has 0 aliphatic rings. The maximum absolute atomic E-state index is 13.0. The van der Waals surface area contributed by atoms with Crippen molar-refractivity contribution >= 4 is 23.4 Å². The van der Waals surface area contributed by atoms with E-state index in [0.717, 1.165) is 33.9 Å². The molecule has 0 unspecified atom stereocenters. The highest BCUT2D eigenvalue weighted by atomic mass is 32.2. The summed E-state index contributed by atoms with van der Waals surface area (Å²) in [5.74, 6) is 0.857. The van der Waals surface area contributed by atoms with Crippen LogP contribution in [0.25, 0.3) is 28.2 Å². The molecule has 0 aliphatic heterocycles. The molecular weight excluding hydrogens is 464 g/mol. The summed E-state index contributed by atoms with van der Waals surface area (Å²) in [5.41, 5.74) is 7.12. The van der Waals surface area contributed by atoms with Crippen LogP contribution in [0, 0.1) is 13.8 Å². The summed E-state index contributed by atoms with van der Waals surface area (Å²) in [5, 5.41) is 12.7. The zero-order chi connectivity index (χ0) is 24.9. The van der Waals surface area contributed by atoms with E-state index in [9.17, 15) is 4.79 Å². The number of rotatable bonds is 7. The van der Waals surface area contributed by atoms with Crippen molar-refractivity contribution < 1.29 is 4.79 Å². The smallest absolute Gasteiger partial charge is 0.234 e. The van der Waals surface area contributed by atoms with Gasteiger partial charge in [-0.05, 0) is 37.6 Å². The van der Waals surface area contributed by atoms with Gasteiger partial charge in [-0.15, -0.1) is 10.2 Å². The third-order valence-electron chi connectivity index (χ3n) is 5.85. The monoisotopic (exact) mass is 490 g/mol. The molecule has 0 spiro atoms. The lowest BCUT2D eigenvalue weighted by Gasteiger charge is -2.12. The second-order valence-electron chi connectivity index (χ2n) is 8.59. The number of benzene rings is 4. The van der Waals surface area contributed by atoms with Crippen molar-refractivity contribution in [2.45, 2.75) is 19.0 Å². The molecule has 1 N–H and O–H groups in total. The quantitative estimate of drug-likeness (QED) is 0.251. The van der Waals surface area contributed by atoms with Gasteiger partial charge in [0, 0.05) is 22.5 Å². The van der Waals surface area contributed by atoms with Crippen LogP contribution in [0.3, 0.4) is 0 Å². The third-order valence-corrected chi connectivity index (χ3v) is 6.78. The van der Waals surface area contributed by atoms with Crippen LogP contribution in [0.15, 0.2) is 108 Å². The van der Waals surface area contributed by atoms with Gasteiger partial charge in [0.2, 0.25) is 5.91 Å². The minimum absolute atomic E-state index is 0.0984. The number of para-hydroxylation sites is 1. The van der Waals surface area contributed by atoms with E-state index in [4.69, 9.17) is 0 Å². The molecule has 5 aromatic rings. The van der Waals surface area contributed by atoms with E-state index in [-0.39, 0.29) is 11.7 Å². The Hall–Kier alpha value is -4.16. The lowest BCUT2D eigenvalue weighted by Crippen LogP contribution is -2.15. The SMILES string of the molecule is Cc1ccc(-c2nnc(SCC(=O)Nc3ccccc3-c3ccccc3)n2-c2ccc(C)cc2)cc1. The number of carbonyl (C=O) groups excluding carboxylic acids is 1. The highest BCUT2D eigenvalue weighted by Gasteiger charge is 2.18. The van der Waals surface area contributed by atoms with Crippen molar-refractivity contribution in [1.82, 2.24) is 14.8 Å². The summed E-state index contributed by atoms with van der Waals surface area (Å²) in [6.07, 6.45) is 0. The minimum Gasteiger partial charge on any atom is -0.325 e. The van der Waals surface area contributed by atoms with Gasteiger partial charge < -0.3 is 5.32 Å². The third kappa shape index (κ3) is 5.24. The van der Waals surface area contributed by atoms with Crippen molar-refractivity contribution in [2.24, 2.45) is 0 Å². The van der Waals surface area contributed by atoms with E-state index in [2.05, 4.69) is 65.8 Å². The average molecular weight is 491 g/mol. The van der Waals surface area contributed by atoms with Crippen LogP contribution in [0.1, 0.15) is 11.1 Å². The number of aromatic nitrogens is 3. The standard InChI is InChI=1S/C30H26N4OS/c1-21-12-16-24(17-13-21)29-32-33-30(34(29)25-18-14-22(2)15-19-25)36-20-28(35)31-27-11-7-6-10-26(27)23-8-4-3-5-9-23/h3-19H,20H2,1-2H3,(H,31,35). The van der Waals surface area contributed by atoms with Crippen LogP contribution in [0.4, 0.5) is 5.69 Å². The molecule has 1 heterocycles. The summed E-state index contributed by atoms with van der Waals surface area (Å²) in [6.45, 7) is 4.12. The van der Waals surface area contributed by atoms with E-state index in [1.54, 1.807) is 0 Å². The molecule has 0 aliphatic carbocycles. The first-order valence-electron chi connectivity index (χ1n) is 11.7. The summed E-state index contributed by atoms with van der Waals surface area (Å²) in [7, 11) is 0. The van der Waals surface area contributed by atoms with Crippen LogP contribution in [0.5, 0.6) is 0 Å². The van der Waals surface area contributed by atoms with Gasteiger partial charge in [0.05, 0.1) is 5.75 Å². The maximum Gasteiger partial charge on any atom is 0.234 e. The van der Waals surface area contributed by atoms with Crippen molar-refractivity contribution in [3.05, 3.63) is 114 Å². The number of aryl methyl sites for hydroxylation is 2. The molecular formula is C30H26N4OS. The second-order valence-corrected chi connectivity index (χ2v) is 9.53. The van der Waals surface area contributed by atoms with Crippen LogP contribution in [-0.4, -0.2) is 26.4 Å². The molecule has 0 bridgehead atoms. The molecule has 0 radical (unpaired) electrons. The summed E-state index contributed by atoms with van der Waals surface area (Å²) >= 11 is 1.37.